The first-order valence-electron chi connectivity index (χ1n) is 9.41. The molecule has 2 N–H and O–H groups in total. The van der Waals surface area contributed by atoms with Gasteiger partial charge in [-0.05, 0) is 70.2 Å². The van der Waals surface area contributed by atoms with Crippen LogP contribution in [0.25, 0.3) is 0 Å². The molecular weight excluding hydrogens is 373 g/mol. The zero-order chi connectivity index (χ0) is 21.1. The first-order valence-corrected chi connectivity index (χ1v) is 9.41. The van der Waals surface area contributed by atoms with Gasteiger partial charge in [-0.3, -0.25) is 4.79 Å². The number of carbonyl (C=O) groups is 2. The third-order valence-corrected chi connectivity index (χ3v) is 4.59. The van der Waals surface area contributed by atoms with E-state index in [1.807, 2.05) is 0 Å². The fourth-order valence-electron chi connectivity index (χ4n) is 3.29. The van der Waals surface area contributed by atoms with Crippen molar-refractivity contribution in [1.82, 2.24) is 10.6 Å². The number of aryl methyl sites for hydroxylation is 1. The Bertz CT molecular complexity index is 726. The van der Waals surface area contributed by atoms with Crippen LogP contribution in [0.1, 0.15) is 68.4 Å². The average Bonchev–Trinajstić information content (AvgIpc) is 2.98. The van der Waals surface area contributed by atoms with Crippen molar-refractivity contribution in [3.05, 3.63) is 34.9 Å². The second-order valence-electron chi connectivity index (χ2n) is 7.99. The summed E-state index contributed by atoms with van der Waals surface area (Å²) in [5.74, 6) is -0.437. The molecular formula is C20H27F3N2O3. The zero-order valence-corrected chi connectivity index (χ0v) is 16.6. The van der Waals surface area contributed by atoms with Gasteiger partial charge >= 0.3 is 12.3 Å². The molecule has 28 heavy (non-hydrogen) atoms. The molecule has 2 amide bonds. The lowest BCUT2D eigenvalue weighted by Gasteiger charge is -2.25. The van der Waals surface area contributed by atoms with Crippen molar-refractivity contribution in [3.63, 3.8) is 0 Å². The van der Waals surface area contributed by atoms with Crippen molar-refractivity contribution in [2.75, 3.05) is 0 Å². The van der Waals surface area contributed by atoms with Crippen LogP contribution in [-0.2, 0) is 17.3 Å². The minimum atomic E-state index is -4.45. The van der Waals surface area contributed by atoms with Crippen LogP contribution in [0.3, 0.4) is 0 Å². The molecule has 0 heterocycles. The van der Waals surface area contributed by atoms with E-state index in [1.165, 1.54) is 6.07 Å². The summed E-state index contributed by atoms with van der Waals surface area (Å²) in [5.41, 5.74) is -0.843. The van der Waals surface area contributed by atoms with Crippen LogP contribution in [0.5, 0.6) is 0 Å². The number of halogens is 3. The Morgan fingerprint density at radius 2 is 1.71 bits per heavy atom. The van der Waals surface area contributed by atoms with E-state index in [9.17, 15) is 22.8 Å². The molecule has 1 aromatic carbocycles. The molecule has 1 aliphatic rings. The van der Waals surface area contributed by atoms with Crippen molar-refractivity contribution in [1.29, 1.82) is 0 Å². The Hall–Kier alpha value is -2.25. The molecule has 2 rings (SSSR count). The largest absolute Gasteiger partial charge is 0.444 e. The maximum absolute atomic E-state index is 12.9. The van der Waals surface area contributed by atoms with Crippen LogP contribution in [0.15, 0.2) is 18.2 Å². The first kappa shape index (κ1) is 22.0. The number of ether oxygens (including phenoxy) is 1. The van der Waals surface area contributed by atoms with Crippen molar-refractivity contribution in [2.45, 2.75) is 77.2 Å². The molecule has 156 valence electrons. The number of hydrogen-bond acceptors (Lipinski definition) is 3. The van der Waals surface area contributed by atoms with Crippen LogP contribution < -0.4 is 10.6 Å². The molecule has 0 spiro atoms. The highest BCUT2D eigenvalue weighted by molar-refractivity contribution is 5.96. The molecule has 2 unspecified atom stereocenters. The lowest BCUT2D eigenvalue weighted by atomic mass is 10.0. The Labute approximate surface area is 163 Å². The lowest BCUT2D eigenvalue weighted by molar-refractivity contribution is -0.137. The van der Waals surface area contributed by atoms with E-state index in [4.69, 9.17) is 4.74 Å². The van der Waals surface area contributed by atoms with Crippen LogP contribution in [0.2, 0.25) is 0 Å². The fraction of sp³-hybridized carbons (Fsp3) is 0.600. The number of carbonyl (C=O) groups excluding carboxylic acids is 2. The summed E-state index contributed by atoms with van der Waals surface area (Å²) in [5, 5.41) is 5.63. The highest BCUT2D eigenvalue weighted by Gasteiger charge is 2.33. The second kappa shape index (κ2) is 8.41. The molecule has 1 aromatic rings. The Balaban J connectivity index is 2.08. The standard InChI is InChI=1S/C20H27F3N2O3/c1-5-12-11-13(20(21,22)23)9-10-14(12)17(26)24-15-7-6-8-16(15)25-18(27)28-19(2,3)4/h9-11,15-16H,5-8H2,1-4H3,(H,24,26)(H,25,27). The predicted molar refractivity (Wildman–Crippen MR) is 99.1 cm³/mol. The normalized spacial score (nSPS) is 20.0. The number of rotatable bonds is 4. The van der Waals surface area contributed by atoms with Gasteiger partial charge in [0.15, 0.2) is 0 Å². The summed E-state index contributed by atoms with van der Waals surface area (Å²) in [6.45, 7) is 6.99. The van der Waals surface area contributed by atoms with Gasteiger partial charge < -0.3 is 15.4 Å². The van der Waals surface area contributed by atoms with Gasteiger partial charge in [0.2, 0.25) is 0 Å². The van der Waals surface area contributed by atoms with Gasteiger partial charge in [0.05, 0.1) is 11.6 Å². The van der Waals surface area contributed by atoms with Crippen LogP contribution in [0.4, 0.5) is 18.0 Å². The van der Waals surface area contributed by atoms with Crippen LogP contribution in [0, 0.1) is 0 Å². The SMILES string of the molecule is CCc1cc(C(F)(F)F)ccc1C(=O)NC1CCCC1NC(=O)OC(C)(C)C. The van der Waals surface area contributed by atoms with E-state index in [0.717, 1.165) is 18.6 Å². The van der Waals surface area contributed by atoms with E-state index >= 15 is 0 Å². The monoisotopic (exact) mass is 400 g/mol. The Morgan fingerprint density at radius 3 is 2.25 bits per heavy atom. The molecule has 0 bridgehead atoms. The summed E-state index contributed by atoms with van der Waals surface area (Å²) < 4.78 is 44.0. The predicted octanol–water partition coefficient (Wildman–Crippen LogP) is 4.44. The summed E-state index contributed by atoms with van der Waals surface area (Å²) in [6, 6.07) is 2.56. The summed E-state index contributed by atoms with van der Waals surface area (Å²) in [4.78, 5) is 24.7. The van der Waals surface area contributed by atoms with Gasteiger partial charge in [0.1, 0.15) is 5.60 Å². The number of alkyl halides is 3. The molecule has 0 radical (unpaired) electrons. The molecule has 1 saturated carbocycles. The molecule has 5 nitrogen and oxygen atoms in total. The van der Waals surface area contributed by atoms with E-state index in [-0.39, 0.29) is 17.6 Å². The van der Waals surface area contributed by atoms with E-state index in [1.54, 1.807) is 27.7 Å². The topological polar surface area (TPSA) is 67.4 Å². The minimum Gasteiger partial charge on any atom is -0.444 e. The maximum Gasteiger partial charge on any atom is 0.416 e. The van der Waals surface area contributed by atoms with Gasteiger partial charge in [-0.2, -0.15) is 13.2 Å². The number of amides is 2. The average molecular weight is 400 g/mol. The highest BCUT2D eigenvalue weighted by atomic mass is 19.4. The van der Waals surface area contributed by atoms with E-state index < -0.39 is 29.3 Å². The van der Waals surface area contributed by atoms with E-state index in [0.29, 0.717) is 24.8 Å². The molecule has 0 saturated heterocycles. The minimum absolute atomic E-state index is 0.221. The highest BCUT2D eigenvalue weighted by Crippen LogP contribution is 2.31. The van der Waals surface area contributed by atoms with Gasteiger partial charge in [-0.1, -0.05) is 6.92 Å². The van der Waals surface area contributed by atoms with Crippen molar-refractivity contribution < 1.29 is 27.5 Å². The third kappa shape index (κ3) is 5.87. The van der Waals surface area contributed by atoms with E-state index in [2.05, 4.69) is 10.6 Å². The number of nitrogens with one attached hydrogen (secondary N) is 2. The van der Waals surface area contributed by atoms with Gasteiger partial charge in [-0.25, -0.2) is 4.79 Å². The number of benzene rings is 1. The fourth-order valence-corrected chi connectivity index (χ4v) is 3.29. The summed E-state index contributed by atoms with van der Waals surface area (Å²) in [6.07, 6.45) is -2.52. The molecule has 2 atom stereocenters. The summed E-state index contributed by atoms with van der Waals surface area (Å²) >= 11 is 0. The van der Waals surface area contributed by atoms with Crippen molar-refractivity contribution in [3.8, 4) is 0 Å². The maximum atomic E-state index is 12.9. The lowest BCUT2D eigenvalue weighted by Crippen LogP contribution is -2.49. The van der Waals surface area contributed by atoms with Gasteiger partial charge in [0, 0.05) is 11.6 Å². The second-order valence-corrected chi connectivity index (χ2v) is 7.99. The van der Waals surface area contributed by atoms with Gasteiger partial charge in [0.25, 0.3) is 5.91 Å². The number of hydrogen-bond donors (Lipinski definition) is 2. The molecule has 8 heteroatoms. The Morgan fingerprint density at radius 1 is 1.11 bits per heavy atom. The quantitative estimate of drug-likeness (QED) is 0.785. The van der Waals surface area contributed by atoms with Crippen LogP contribution >= 0.6 is 0 Å². The Kier molecular flexibility index (Phi) is 6.62. The van der Waals surface area contributed by atoms with Crippen molar-refractivity contribution >= 4 is 12.0 Å². The summed E-state index contributed by atoms with van der Waals surface area (Å²) in [7, 11) is 0. The molecule has 1 fully saturated rings. The molecule has 1 aliphatic carbocycles. The molecule has 0 aromatic heterocycles. The smallest absolute Gasteiger partial charge is 0.416 e. The van der Waals surface area contributed by atoms with Gasteiger partial charge in [-0.15, -0.1) is 0 Å². The van der Waals surface area contributed by atoms with Crippen molar-refractivity contribution in [2.24, 2.45) is 0 Å². The zero-order valence-electron chi connectivity index (χ0n) is 16.6. The number of alkyl carbamates (subject to hydrolysis) is 1. The molecule has 0 aliphatic heterocycles. The van der Waals surface area contributed by atoms with Crippen LogP contribution in [-0.4, -0.2) is 29.7 Å². The first-order chi connectivity index (χ1) is 12.9. The third-order valence-electron chi connectivity index (χ3n) is 4.59.